The molecular weight excluding hydrogens is 780 g/mol. The SMILES string of the molecule is CCCCCCCCCCCCC/C=C/CC/C=C/C(O)C(COP(=O)(O)OCC[N+](C)(C)C)NC(=O)CCCCCCCCCCCCCCCCCCCCCCCC. The van der Waals surface area contributed by atoms with Gasteiger partial charge in [-0.15, -0.1) is 0 Å². The molecular formula is C52H104N2O6P+. The molecule has 0 saturated carbocycles. The quantitative estimate of drug-likeness (QED) is 0.0243. The van der Waals surface area contributed by atoms with E-state index in [-0.39, 0.29) is 19.1 Å². The van der Waals surface area contributed by atoms with Gasteiger partial charge >= 0.3 is 7.82 Å². The van der Waals surface area contributed by atoms with E-state index in [0.717, 1.165) is 38.5 Å². The third-order valence-corrected chi connectivity index (χ3v) is 12.9. The molecule has 1 amide bonds. The van der Waals surface area contributed by atoms with E-state index in [9.17, 15) is 19.4 Å². The van der Waals surface area contributed by atoms with Crippen molar-refractivity contribution in [1.29, 1.82) is 0 Å². The molecule has 0 heterocycles. The molecule has 0 aromatic carbocycles. The fourth-order valence-electron chi connectivity index (χ4n) is 7.77. The Morgan fingerprint density at radius 2 is 0.902 bits per heavy atom. The van der Waals surface area contributed by atoms with Crippen LogP contribution < -0.4 is 5.32 Å². The number of amides is 1. The minimum absolute atomic E-state index is 0.0586. The molecule has 3 atom stereocenters. The topological polar surface area (TPSA) is 105 Å². The Bertz CT molecular complexity index is 1050. The molecule has 0 radical (unpaired) electrons. The Hall–Kier alpha value is -1.02. The highest BCUT2D eigenvalue weighted by Gasteiger charge is 2.27. The number of likely N-dealkylation sites (N-methyl/N-ethyl adjacent to an activating group) is 1. The van der Waals surface area contributed by atoms with Crippen LogP contribution in [0.5, 0.6) is 0 Å². The lowest BCUT2D eigenvalue weighted by atomic mass is 10.0. The van der Waals surface area contributed by atoms with E-state index in [1.807, 2.05) is 27.2 Å². The van der Waals surface area contributed by atoms with Crippen LogP contribution in [0.4, 0.5) is 0 Å². The van der Waals surface area contributed by atoms with Crippen molar-refractivity contribution < 1.29 is 32.9 Å². The van der Waals surface area contributed by atoms with Crippen LogP contribution in [0, 0.1) is 0 Å². The Kier molecular flexibility index (Phi) is 43.5. The summed E-state index contributed by atoms with van der Waals surface area (Å²) in [7, 11) is 1.57. The van der Waals surface area contributed by atoms with E-state index in [0.29, 0.717) is 17.4 Å². The van der Waals surface area contributed by atoms with E-state index in [1.54, 1.807) is 6.08 Å². The second kappa shape index (κ2) is 44.2. The summed E-state index contributed by atoms with van der Waals surface area (Å²) in [4.78, 5) is 23.2. The van der Waals surface area contributed by atoms with Crippen LogP contribution >= 0.6 is 7.82 Å². The normalized spacial score (nSPS) is 14.3. The fourth-order valence-corrected chi connectivity index (χ4v) is 8.50. The van der Waals surface area contributed by atoms with Crippen molar-refractivity contribution >= 4 is 13.7 Å². The number of unbranched alkanes of at least 4 members (excludes halogenated alkanes) is 33. The summed E-state index contributed by atoms with van der Waals surface area (Å²) in [6, 6.07) is -0.859. The molecule has 0 aromatic rings. The zero-order valence-corrected chi connectivity index (χ0v) is 42.1. The first-order valence-corrected chi connectivity index (χ1v) is 27.7. The maximum atomic E-state index is 12.9. The van der Waals surface area contributed by atoms with Gasteiger partial charge in [-0.2, -0.15) is 0 Å². The summed E-state index contributed by atoms with van der Waals surface area (Å²) in [5, 5.41) is 13.9. The number of nitrogens with one attached hydrogen (secondary N) is 1. The van der Waals surface area contributed by atoms with Crippen molar-refractivity contribution in [2.45, 2.75) is 264 Å². The lowest BCUT2D eigenvalue weighted by Crippen LogP contribution is -2.45. The molecule has 362 valence electrons. The molecule has 3 N–H and O–H groups in total. The number of hydrogen-bond acceptors (Lipinski definition) is 5. The number of allylic oxidation sites excluding steroid dienone is 3. The van der Waals surface area contributed by atoms with Crippen molar-refractivity contribution in [1.82, 2.24) is 5.32 Å². The molecule has 0 aliphatic carbocycles. The number of rotatable bonds is 48. The van der Waals surface area contributed by atoms with Crippen molar-refractivity contribution in [3.63, 3.8) is 0 Å². The highest BCUT2D eigenvalue weighted by Crippen LogP contribution is 2.43. The van der Waals surface area contributed by atoms with Crippen molar-refractivity contribution in [2.75, 3.05) is 40.9 Å². The summed E-state index contributed by atoms with van der Waals surface area (Å²) in [5.41, 5.74) is 0. The van der Waals surface area contributed by atoms with Crippen LogP contribution in [-0.2, 0) is 18.4 Å². The van der Waals surface area contributed by atoms with Crippen LogP contribution in [0.15, 0.2) is 24.3 Å². The van der Waals surface area contributed by atoms with Crippen LogP contribution in [-0.4, -0.2) is 73.4 Å². The van der Waals surface area contributed by atoms with Gasteiger partial charge in [-0.3, -0.25) is 13.8 Å². The van der Waals surface area contributed by atoms with E-state index in [4.69, 9.17) is 9.05 Å². The first kappa shape index (κ1) is 60.0. The number of hydrogen-bond donors (Lipinski definition) is 3. The summed E-state index contributed by atoms with van der Waals surface area (Å²) in [6.45, 7) is 4.82. The van der Waals surface area contributed by atoms with Crippen LogP contribution in [0.25, 0.3) is 0 Å². The molecule has 61 heavy (non-hydrogen) atoms. The van der Waals surface area contributed by atoms with Crippen molar-refractivity contribution in [2.24, 2.45) is 0 Å². The van der Waals surface area contributed by atoms with Gasteiger partial charge in [-0.05, 0) is 32.1 Å². The Labute approximate surface area is 379 Å². The van der Waals surface area contributed by atoms with Crippen LogP contribution in [0.1, 0.15) is 251 Å². The third kappa shape index (κ3) is 46.8. The monoisotopic (exact) mass is 884 g/mol. The molecule has 0 spiro atoms. The first-order chi connectivity index (χ1) is 29.5. The van der Waals surface area contributed by atoms with E-state index < -0.39 is 20.0 Å². The Balaban J connectivity index is 4.28. The molecule has 9 heteroatoms. The van der Waals surface area contributed by atoms with Gasteiger partial charge < -0.3 is 19.8 Å². The average molecular weight is 884 g/mol. The highest BCUT2D eigenvalue weighted by atomic mass is 31.2. The Morgan fingerprint density at radius 3 is 1.31 bits per heavy atom. The average Bonchev–Trinajstić information content (AvgIpc) is 3.21. The van der Waals surface area contributed by atoms with Crippen molar-refractivity contribution in [3.05, 3.63) is 24.3 Å². The summed E-state index contributed by atoms with van der Waals surface area (Å²) in [6.07, 6.45) is 54.1. The maximum Gasteiger partial charge on any atom is 0.472 e. The Morgan fingerprint density at radius 1 is 0.541 bits per heavy atom. The van der Waals surface area contributed by atoms with Crippen LogP contribution in [0.3, 0.4) is 0 Å². The molecule has 0 rings (SSSR count). The number of quaternary nitrogens is 1. The fraction of sp³-hybridized carbons (Fsp3) is 0.904. The predicted octanol–water partition coefficient (Wildman–Crippen LogP) is 15.3. The van der Waals surface area contributed by atoms with E-state index >= 15 is 0 Å². The summed E-state index contributed by atoms with van der Waals surface area (Å²) < 4.78 is 23.6. The molecule has 8 nitrogen and oxygen atoms in total. The second-order valence-electron chi connectivity index (χ2n) is 19.3. The molecule has 0 saturated heterocycles. The number of phosphoric ester groups is 1. The van der Waals surface area contributed by atoms with Gasteiger partial charge in [0.05, 0.1) is 39.9 Å². The number of phosphoric acid groups is 1. The van der Waals surface area contributed by atoms with Crippen molar-refractivity contribution in [3.8, 4) is 0 Å². The van der Waals surface area contributed by atoms with E-state index in [2.05, 4.69) is 31.3 Å². The smallest absolute Gasteiger partial charge is 0.387 e. The molecule has 3 unspecified atom stereocenters. The minimum Gasteiger partial charge on any atom is -0.387 e. The van der Waals surface area contributed by atoms with Gasteiger partial charge in [0.2, 0.25) is 5.91 Å². The van der Waals surface area contributed by atoms with Gasteiger partial charge in [0.15, 0.2) is 0 Å². The van der Waals surface area contributed by atoms with Gasteiger partial charge in [0, 0.05) is 6.42 Å². The third-order valence-electron chi connectivity index (χ3n) is 11.9. The molecule has 0 aliphatic heterocycles. The predicted molar refractivity (Wildman–Crippen MR) is 263 cm³/mol. The number of aliphatic hydroxyl groups is 1. The zero-order chi connectivity index (χ0) is 45.0. The van der Waals surface area contributed by atoms with Gasteiger partial charge in [0.25, 0.3) is 0 Å². The lowest BCUT2D eigenvalue weighted by molar-refractivity contribution is -0.870. The van der Waals surface area contributed by atoms with E-state index in [1.165, 1.54) is 193 Å². The summed E-state index contributed by atoms with van der Waals surface area (Å²) >= 11 is 0. The lowest BCUT2D eigenvalue weighted by Gasteiger charge is -2.25. The molecule has 0 aromatic heterocycles. The number of carbonyl (C=O) groups is 1. The van der Waals surface area contributed by atoms with Gasteiger partial charge in [-0.25, -0.2) is 4.57 Å². The zero-order valence-electron chi connectivity index (χ0n) is 41.2. The first-order valence-electron chi connectivity index (χ1n) is 26.2. The second-order valence-corrected chi connectivity index (χ2v) is 20.7. The largest absolute Gasteiger partial charge is 0.472 e. The number of carbonyl (C=O) groups excluding carboxylic acids is 1. The molecule has 0 bridgehead atoms. The molecule has 0 fully saturated rings. The van der Waals surface area contributed by atoms with Gasteiger partial charge in [0.1, 0.15) is 13.2 Å². The standard InChI is InChI=1S/C52H103N2O6P/c1-6-8-10-12-14-16-18-20-22-24-25-26-27-28-30-32-34-36-38-40-42-44-46-52(56)53-50(49-60-61(57,58)59-48-47-54(3,4)5)51(55)45-43-41-39-37-35-33-31-29-23-21-19-17-15-13-11-9-7-2/h35,37,43,45,50-51,55H,6-34,36,38-42,44,46-49H2,1-5H3,(H-,53,56,57,58)/p+1/b37-35+,45-43+. The minimum atomic E-state index is -4.35. The summed E-state index contributed by atoms with van der Waals surface area (Å²) in [5.74, 6) is -0.182. The van der Waals surface area contributed by atoms with Crippen LogP contribution in [0.2, 0.25) is 0 Å². The number of aliphatic hydroxyl groups excluding tert-OH is 1. The molecule has 0 aliphatic rings. The van der Waals surface area contributed by atoms with Gasteiger partial charge in [-0.1, -0.05) is 237 Å². The number of nitrogens with zero attached hydrogens (tertiary/aromatic N) is 1. The maximum absolute atomic E-state index is 12.9. The highest BCUT2D eigenvalue weighted by molar-refractivity contribution is 7.47.